The molecule has 4 heteroatoms. The van der Waals surface area contributed by atoms with Crippen molar-refractivity contribution < 1.29 is 9.59 Å². The summed E-state index contributed by atoms with van der Waals surface area (Å²) in [6, 6.07) is 0. The molecular formula is C11H14N2O2. The molecule has 1 aromatic heterocycles. The molecule has 0 saturated heterocycles. The van der Waals surface area contributed by atoms with E-state index in [0.29, 0.717) is 24.8 Å². The minimum absolute atomic E-state index is 0.0754. The molecule has 1 aliphatic carbocycles. The number of Topliss-reactive ketones (excluding diaryl/α,β-unsaturated/α-hetero) is 2. The van der Waals surface area contributed by atoms with Crippen LogP contribution in [0.2, 0.25) is 0 Å². The van der Waals surface area contributed by atoms with Crippen molar-refractivity contribution in [2.45, 2.75) is 26.2 Å². The molecule has 0 spiro atoms. The van der Waals surface area contributed by atoms with Crippen LogP contribution in [0.1, 0.15) is 35.3 Å². The molecule has 0 N–H and O–H groups in total. The van der Waals surface area contributed by atoms with Crippen LogP contribution in [0.5, 0.6) is 0 Å². The fourth-order valence-electron chi connectivity index (χ4n) is 2.10. The van der Waals surface area contributed by atoms with Gasteiger partial charge in [0.05, 0.1) is 11.3 Å². The molecule has 2 rings (SSSR count). The molecule has 1 atom stereocenters. The Morgan fingerprint density at radius 1 is 1.60 bits per heavy atom. The summed E-state index contributed by atoms with van der Waals surface area (Å²) < 4.78 is 1.64. The van der Waals surface area contributed by atoms with Crippen LogP contribution in [0, 0.1) is 12.8 Å². The van der Waals surface area contributed by atoms with Gasteiger partial charge in [0, 0.05) is 32.0 Å². The van der Waals surface area contributed by atoms with E-state index in [4.69, 9.17) is 0 Å². The van der Waals surface area contributed by atoms with Crippen LogP contribution in [0.15, 0.2) is 6.20 Å². The number of hydrogen-bond acceptors (Lipinski definition) is 3. The Morgan fingerprint density at radius 3 is 2.80 bits per heavy atom. The number of aryl methyl sites for hydroxylation is 2. The molecule has 1 fully saturated rings. The summed E-state index contributed by atoms with van der Waals surface area (Å²) in [5.74, 6) is 0.168. The van der Waals surface area contributed by atoms with Gasteiger partial charge in [0.1, 0.15) is 5.78 Å². The van der Waals surface area contributed by atoms with Gasteiger partial charge in [0.25, 0.3) is 0 Å². The lowest BCUT2D eigenvalue weighted by Crippen LogP contribution is -2.12. The molecule has 0 bridgehead atoms. The molecule has 0 radical (unpaired) electrons. The van der Waals surface area contributed by atoms with Gasteiger partial charge in [-0.2, -0.15) is 5.10 Å². The normalized spacial score (nSPS) is 20.9. The predicted octanol–water partition coefficient (Wildman–Crippen LogP) is 1.28. The van der Waals surface area contributed by atoms with Crippen LogP contribution >= 0.6 is 0 Å². The summed E-state index contributed by atoms with van der Waals surface area (Å²) in [6.45, 7) is 1.82. The van der Waals surface area contributed by atoms with Crippen molar-refractivity contribution in [2.75, 3.05) is 0 Å². The van der Waals surface area contributed by atoms with Gasteiger partial charge in [0.15, 0.2) is 5.78 Å². The van der Waals surface area contributed by atoms with Gasteiger partial charge < -0.3 is 0 Å². The van der Waals surface area contributed by atoms with Crippen molar-refractivity contribution in [1.29, 1.82) is 0 Å². The van der Waals surface area contributed by atoms with E-state index in [1.807, 2.05) is 6.92 Å². The fraction of sp³-hybridized carbons (Fsp3) is 0.545. The molecule has 0 amide bonds. The Kier molecular flexibility index (Phi) is 2.42. The first kappa shape index (κ1) is 10.1. The maximum absolute atomic E-state index is 12.0. The number of nitrogens with zero attached hydrogens (tertiary/aromatic N) is 2. The smallest absolute Gasteiger partial charge is 0.169 e. The highest BCUT2D eigenvalue weighted by atomic mass is 16.1. The second kappa shape index (κ2) is 3.61. The number of carbonyl (C=O) groups is 2. The van der Waals surface area contributed by atoms with Crippen LogP contribution in [-0.2, 0) is 11.8 Å². The highest BCUT2D eigenvalue weighted by molar-refractivity contribution is 6.02. The van der Waals surface area contributed by atoms with E-state index in [-0.39, 0.29) is 17.5 Å². The van der Waals surface area contributed by atoms with Crippen LogP contribution in [0.3, 0.4) is 0 Å². The van der Waals surface area contributed by atoms with Gasteiger partial charge in [-0.25, -0.2) is 0 Å². The summed E-state index contributed by atoms with van der Waals surface area (Å²) in [4.78, 5) is 23.1. The lowest BCUT2D eigenvalue weighted by atomic mass is 9.97. The van der Waals surface area contributed by atoms with E-state index in [1.165, 1.54) is 0 Å². The number of hydrogen-bond donors (Lipinski definition) is 0. The monoisotopic (exact) mass is 206 g/mol. The first-order chi connectivity index (χ1) is 7.08. The zero-order valence-corrected chi connectivity index (χ0v) is 8.99. The van der Waals surface area contributed by atoms with E-state index in [1.54, 1.807) is 17.9 Å². The molecule has 80 valence electrons. The molecule has 4 nitrogen and oxygen atoms in total. The quantitative estimate of drug-likeness (QED) is 0.685. The summed E-state index contributed by atoms with van der Waals surface area (Å²) in [5.41, 5.74) is 1.42. The van der Waals surface area contributed by atoms with E-state index in [9.17, 15) is 9.59 Å². The van der Waals surface area contributed by atoms with Gasteiger partial charge in [-0.1, -0.05) is 0 Å². The first-order valence-corrected chi connectivity index (χ1v) is 5.14. The predicted molar refractivity (Wildman–Crippen MR) is 54.6 cm³/mol. The fourth-order valence-corrected chi connectivity index (χ4v) is 2.10. The third-order valence-electron chi connectivity index (χ3n) is 2.90. The van der Waals surface area contributed by atoms with Crippen molar-refractivity contribution in [3.05, 3.63) is 17.5 Å². The lowest BCUT2D eigenvalue weighted by molar-refractivity contribution is -0.117. The Hall–Kier alpha value is -1.45. The molecule has 1 aliphatic rings. The van der Waals surface area contributed by atoms with Crippen molar-refractivity contribution >= 4 is 11.6 Å². The number of ketones is 2. The van der Waals surface area contributed by atoms with Gasteiger partial charge in [0.2, 0.25) is 0 Å². The Morgan fingerprint density at radius 2 is 2.33 bits per heavy atom. The van der Waals surface area contributed by atoms with Gasteiger partial charge in [-0.05, 0) is 13.3 Å². The SMILES string of the molecule is Cc1nn(C)cc1C(=O)C1CCC(=O)C1. The van der Waals surface area contributed by atoms with Crippen LogP contribution < -0.4 is 0 Å². The maximum Gasteiger partial charge on any atom is 0.169 e. The average Bonchev–Trinajstić information content (AvgIpc) is 2.71. The second-order valence-electron chi connectivity index (χ2n) is 4.14. The van der Waals surface area contributed by atoms with E-state index in [2.05, 4.69) is 5.10 Å². The summed E-state index contributed by atoms with van der Waals surface area (Å²) >= 11 is 0. The lowest BCUT2D eigenvalue weighted by Gasteiger charge is -2.04. The van der Waals surface area contributed by atoms with E-state index in [0.717, 1.165) is 5.69 Å². The summed E-state index contributed by atoms with van der Waals surface area (Å²) in [5, 5.41) is 4.13. The first-order valence-electron chi connectivity index (χ1n) is 5.14. The summed E-state index contributed by atoms with van der Waals surface area (Å²) in [6.07, 6.45) is 3.40. The van der Waals surface area contributed by atoms with Crippen molar-refractivity contribution in [2.24, 2.45) is 13.0 Å². The van der Waals surface area contributed by atoms with Crippen molar-refractivity contribution in [3.63, 3.8) is 0 Å². The Labute approximate surface area is 88.3 Å². The van der Waals surface area contributed by atoms with Gasteiger partial charge >= 0.3 is 0 Å². The highest BCUT2D eigenvalue weighted by Crippen LogP contribution is 2.26. The van der Waals surface area contributed by atoms with Crippen molar-refractivity contribution in [1.82, 2.24) is 9.78 Å². The van der Waals surface area contributed by atoms with E-state index < -0.39 is 0 Å². The van der Waals surface area contributed by atoms with Gasteiger partial charge in [-0.15, -0.1) is 0 Å². The topological polar surface area (TPSA) is 52.0 Å². The summed E-state index contributed by atoms with van der Waals surface area (Å²) in [7, 11) is 1.80. The molecule has 0 aromatic carbocycles. The van der Waals surface area contributed by atoms with E-state index >= 15 is 0 Å². The standard InChI is InChI=1S/C11H14N2O2/c1-7-10(6-13(2)12-7)11(15)8-3-4-9(14)5-8/h6,8H,3-5H2,1-2H3. The molecule has 0 aliphatic heterocycles. The molecular weight excluding hydrogens is 192 g/mol. The number of carbonyl (C=O) groups excluding carboxylic acids is 2. The Balaban J connectivity index is 2.21. The minimum Gasteiger partial charge on any atom is -0.300 e. The molecule has 1 heterocycles. The zero-order chi connectivity index (χ0) is 11.0. The number of rotatable bonds is 2. The number of aromatic nitrogens is 2. The third-order valence-corrected chi connectivity index (χ3v) is 2.90. The largest absolute Gasteiger partial charge is 0.300 e. The minimum atomic E-state index is -0.111. The third kappa shape index (κ3) is 1.84. The molecule has 1 unspecified atom stereocenters. The van der Waals surface area contributed by atoms with Crippen LogP contribution in [0.4, 0.5) is 0 Å². The molecule has 15 heavy (non-hydrogen) atoms. The highest BCUT2D eigenvalue weighted by Gasteiger charge is 2.30. The molecule has 1 aromatic rings. The van der Waals surface area contributed by atoms with Crippen LogP contribution in [-0.4, -0.2) is 21.3 Å². The van der Waals surface area contributed by atoms with Crippen LogP contribution in [0.25, 0.3) is 0 Å². The zero-order valence-electron chi connectivity index (χ0n) is 8.99. The average molecular weight is 206 g/mol. The Bertz CT molecular complexity index is 420. The van der Waals surface area contributed by atoms with Gasteiger partial charge in [-0.3, -0.25) is 14.3 Å². The maximum atomic E-state index is 12.0. The van der Waals surface area contributed by atoms with Crippen molar-refractivity contribution in [3.8, 4) is 0 Å². The second-order valence-corrected chi connectivity index (χ2v) is 4.14. The molecule has 1 saturated carbocycles.